The molecule has 1 aliphatic rings. The molecule has 0 bridgehead atoms. The third-order valence-corrected chi connectivity index (χ3v) is 6.46. The van der Waals surface area contributed by atoms with Gasteiger partial charge in [-0.1, -0.05) is 30.2 Å². The van der Waals surface area contributed by atoms with E-state index in [1.807, 2.05) is 47.4 Å². The number of anilines is 1. The Morgan fingerprint density at radius 1 is 1.08 bits per heavy atom. The van der Waals surface area contributed by atoms with Crippen molar-refractivity contribution in [2.75, 3.05) is 18.0 Å². The Balaban J connectivity index is 1.72. The Kier molecular flexibility index (Phi) is 6.28. The minimum absolute atomic E-state index is 0.0184. The van der Waals surface area contributed by atoms with Crippen LogP contribution in [0, 0.1) is 23.2 Å². The van der Waals surface area contributed by atoms with Gasteiger partial charge < -0.3 is 10.6 Å². The fourth-order valence-corrected chi connectivity index (χ4v) is 4.74. The topological polar surface area (TPSA) is 128 Å². The average Bonchev–Trinajstić information content (AvgIpc) is 3.28. The Bertz CT molecular complexity index is 1680. The van der Waals surface area contributed by atoms with Crippen LogP contribution in [0.4, 0.5) is 5.95 Å². The Morgan fingerprint density at radius 2 is 1.92 bits per heavy atom. The van der Waals surface area contributed by atoms with Crippen LogP contribution < -0.4 is 21.8 Å². The highest BCUT2D eigenvalue weighted by Crippen LogP contribution is 2.22. The Labute approximate surface area is 207 Å². The lowest BCUT2D eigenvalue weighted by Crippen LogP contribution is -2.44. The third kappa shape index (κ3) is 4.12. The van der Waals surface area contributed by atoms with E-state index in [-0.39, 0.29) is 36.7 Å². The van der Waals surface area contributed by atoms with E-state index in [0.29, 0.717) is 18.2 Å². The smallest absolute Gasteiger partial charge is 0.294 e. The Morgan fingerprint density at radius 3 is 2.69 bits per heavy atom. The molecule has 10 nitrogen and oxygen atoms in total. The van der Waals surface area contributed by atoms with Crippen molar-refractivity contribution < 1.29 is 0 Å². The summed E-state index contributed by atoms with van der Waals surface area (Å²) in [6.45, 7) is 2.97. The highest BCUT2D eigenvalue weighted by Gasteiger charge is 2.27. The number of nitrogens with two attached hydrogens (primary N) is 1. The van der Waals surface area contributed by atoms with Gasteiger partial charge in [0.1, 0.15) is 12.1 Å². The van der Waals surface area contributed by atoms with Crippen molar-refractivity contribution in [1.29, 1.82) is 5.26 Å². The molecule has 5 rings (SSSR count). The predicted octanol–water partition coefficient (Wildman–Crippen LogP) is 1.43. The summed E-state index contributed by atoms with van der Waals surface area (Å²) in [4.78, 5) is 38.7. The number of aromatic nitrogens is 5. The zero-order chi connectivity index (χ0) is 25.2. The van der Waals surface area contributed by atoms with Gasteiger partial charge in [0, 0.05) is 24.5 Å². The SMILES string of the molecule is CC#CCn1c(N2CCCC(N)C2)nc2c(=O)n(CC#N)n(Cc3ccc4ccccc4n3)c(=O)c21. The van der Waals surface area contributed by atoms with Crippen molar-refractivity contribution in [3.8, 4) is 17.9 Å². The third-order valence-electron chi connectivity index (χ3n) is 6.46. The van der Waals surface area contributed by atoms with Crippen LogP contribution in [0.5, 0.6) is 0 Å². The molecular formula is C26H26N8O2. The molecule has 1 atom stereocenters. The maximum absolute atomic E-state index is 13.9. The van der Waals surface area contributed by atoms with Crippen LogP contribution in [-0.2, 0) is 19.6 Å². The maximum atomic E-state index is 13.9. The molecule has 0 amide bonds. The highest BCUT2D eigenvalue weighted by molar-refractivity contribution is 5.79. The van der Waals surface area contributed by atoms with Crippen LogP contribution in [0.2, 0.25) is 0 Å². The molecule has 1 fully saturated rings. The first-order chi connectivity index (χ1) is 17.5. The number of piperidine rings is 1. The summed E-state index contributed by atoms with van der Waals surface area (Å²) in [6, 6.07) is 13.4. The van der Waals surface area contributed by atoms with Crippen LogP contribution in [0.1, 0.15) is 25.5 Å². The van der Waals surface area contributed by atoms with Gasteiger partial charge in [-0.15, -0.1) is 5.92 Å². The lowest BCUT2D eigenvalue weighted by Gasteiger charge is -2.31. The highest BCUT2D eigenvalue weighted by atomic mass is 16.2. The zero-order valence-electron chi connectivity index (χ0n) is 20.0. The summed E-state index contributed by atoms with van der Waals surface area (Å²) in [5, 5.41) is 10.4. The number of para-hydroxylation sites is 1. The normalized spacial score (nSPS) is 15.6. The van der Waals surface area contributed by atoms with Crippen LogP contribution >= 0.6 is 0 Å². The van der Waals surface area contributed by atoms with Crippen molar-refractivity contribution in [2.45, 2.75) is 45.4 Å². The molecule has 4 heterocycles. The molecule has 0 radical (unpaired) electrons. The van der Waals surface area contributed by atoms with Crippen LogP contribution in [0.3, 0.4) is 0 Å². The number of nitrogens with zero attached hydrogens (tertiary/aromatic N) is 7. The molecule has 3 aromatic heterocycles. The van der Waals surface area contributed by atoms with Gasteiger partial charge in [-0.05, 0) is 31.9 Å². The molecule has 4 aromatic rings. The standard InChI is InChI=1S/C26H26N8O2/c1-2-3-14-32-23-22(30-26(32)31-13-6-8-19(28)16-31)24(35)33(15-12-27)34(25(23)36)17-20-11-10-18-7-4-5-9-21(18)29-20/h4-5,7,9-11,19H,6,8,13-17,28H2,1H3. The molecule has 1 saturated heterocycles. The monoisotopic (exact) mass is 482 g/mol. The second kappa shape index (κ2) is 9.68. The summed E-state index contributed by atoms with van der Waals surface area (Å²) in [5.41, 5.74) is 6.86. The van der Waals surface area contributed by atoms with E-state index in [4.69, 9.17) is 5.73 Å². The number of fused-ring (bicyclic) bond motifs is 2. The molecule has 10 heteroatoms. The van der Waals surface area contributed by atoms with Crippen LogP contribution in [0.25, 0.3) is 21.9 Å². The maximum Gasteiger partial charge on any atom is 0.294 e. The Hall–Kier alpha value is -4.41. The zero-order valence-corrected chi connectivity index (χ0v) is 20.0. The lowest BCUT2D eigenvalue weighted by molar-refractivity contribution is 0.475. The summed E-state index contributed by atoms with van der Waals surface area (Å²) in [6.07, 6.45) is 1.80. The van der Waals surface area contributed by atoms with E-state index < -0.39 is 11.1 Å². The van der Waals surface area contributed by atoms with Gasteiger partial charge in [0.05, 0.1) is 30.4 Å². The second-order valence-corrected chi connectivity index (χ2v) is 8.85. The number of rotatable bonds is 5. The van der Waals surface area contributed by atoms with Crippen molar-refractivity contribution >= 4 is 27.9 Å². The van der Waals surface area contributed by atoms with Crippen molar-refractivity contribution in [3.05, 3.63) is 62.8 Å². The van der Waals surface area contributed by atoms with Gasteiger partial charge in [0.25, 0.3) is 11.1 Å². The van der Waals surface area contributed by atoms with E-state index >= 15 is 0 Å². The first-order valence-electron chi connectivity index (χ1n) is 11.9. The van der Waals surface area contributed by atoms with Gasteiger partial charge in [-0.3, -0.25) is 19.1 Å². The molecule has 1 aromatic carbocycles. The first-order valence-corrected chi connectivity index (χ1v) is 11.9. The van der Waals surface area contributed by atoms with E-state index in [9.17, 15) is 14.9 Å². The average molecular weight is 483 g/mol. The fraction of sp³-hybridized carbons (Fsp3) is 0.346. The van der Waals surface area contributed by atoms with E-state index in [1.54, 1.807) is 11.5 Å². The van der Waals surface area contributed by atoms with Gasteiger partial charge in [-0.25, -0.2) is 14.3 Å². The minimum Gasteiger partial charge on any atom is -0.341 e. The van der Waals surface area contributed by atoms with Gasteiger partial charge in [0.15, 0.2) is 5.52 Å². The van der Waals surface area contributed by atoms with Gasteiger partial charge in [-0.2, -0.15) is 5.26 Å². The van der Waals surface area contributed by atoms with Crippen LogP contribution in [-0.4, -0.2) is 43.0 Å². The quantitative estimate of drug-likeness (QED) is 0.426. The molecule has 36 heavy (non-hydrogen) atoms. The van der Waals surface area contributed by atoms with E-state index in [2.05, 4.69) is 21.8 Å². The fourth-order valence-electron chi connectivity index (χ4n) is 4.74. The lowest BCUT2D eigenvalue weighted by atomic mass is 10.1. The summed E-state index contributed by atoms with van der Waals surface area (Å²) >= 11 is 0. The summed E-state index contributed by atoms with van der Waals surface area (Å²) < 4.78 is 4.14. The predicted molar refractivity (Wildman–Crippen MR) is 138 cm³/mol. The number of hydrogen-bond acceptors (Lipinski definition) is 7. The number of pyridine rings is 1. The molecule has 0 saturated carbocycles. The number of imidazole rings is 1. The van der Waals surface area contributed by atoms with Gasteiger partial charge in [0.2, 0.25) is 5.95 Å². The van der Waals surface area contributed by atoms with Gasteiger partial charge >= 0.3 is 0 Å². The molecule has 0 aliphatic carbocycles. The molecule has 1 unspecified atom stereocenters. The molecule has 182 valence electrons. The molecule has 1 aliphatic heterocycles. The summed E-state index contributed by atoms with van der Waals surface area (Å²) in [7, 11) is 0. The molecular weight excluding hydrogens is 456 g/mol. The molecule has 0 spiro atoms. The number of hydrogen-bond donors (Lipinski definition) is 1. The largest absolute Gasteiger partial charge is 0.341 e. The summed E-state index contributed by atoms with van der Waals surface area (Å²) in [5.74, 6) is 6.36. The minimum atomic E-state index is -0.502. The molecule has 2 N–H and O–H groups in total. The van der Waals surface area contributed by atoms with Crippen molar-refractivity contribution in [2.24, 2.45) is 5.73 Å². The second-order valence-electron chi connectivity index (χ2n) is 8.85. The van der Waals surface area contributed by atoms with Crippen LogP contribution in [0.15, 0.2) is 46.0 Å². The number of nitriles is 1. The van der Waals surface area contributed by atoms with Crippen molar-refractivity contribution in [3.63, 3.8) is 0 Å². The van der Waals surface area contributed by atoms with Crippen molar-refractivity contribution in [1.82, 2.24) is 23.9 Å². The number of benzene rings is 1. The van der Waals surface area contributed by atoms with E-state index in [1.165, 1.54) is 4.68 Å². The van der Waals surface area contributed by atoms with E-state index in [0.717, 1.165) is 35.0 Å². The first kappa shape index (κ1) is 23.3.